The Morgan fingerprint density at radius 2 is 1.92 bits per heavy atom. The molecule has 0 atom stereocenters. The highest BCUT2D eigenvalue weighted by Crippen LogP contribution is 2.31. The van der Waals surface area contributed by atoms with Gasteiger partial charge in [-0.15, -0.1) is 5.10 Å². The van der Waals surface area contributed by atoms with Crippen molar-refractivity contribution in [1.82, 2.24) is 15.2 Å². The van der Waals surface area contributed by atoms with E-state index in [0.717, 1.165) is 5.56 Å². The third-order valence-electron chi connectivity index (χ3n) is 3.45. The van der Waals surface area contributed by atoms with Crippen molar-refractivity contribution in [2.45, 2.75) is 0 Å². The predicted molar refractivity (Wildman–Crippen MR) is 94.3 cm³/mol. The fourth-order valence-electron chi connectivity index (χ4n) is 2.23. The Labute approximate surface area is 148 Å². The van der Waals surface area contributed by atoms with Crippen molar-refractivity contribution < 1.29 is 14.3 Å². The minimum atomic E-state index is -0.347. The Hall–Kier alpha value is -3.06. The van der Waals surface area contributed by atoms with Crippen LogP contribution < -0.4 is 14.8 Å². The summed E-state index contributed by atoms with van der Waals surface area (Å²) in [4.78, 5) is 16.5. The summed E-state index contributed by atoms with van der Waals surface area (Å²) in [5.74, 6) is 1.48. The largest absolute Gasteiger partial charge is 0.493 e. The maximum atomic E-state index is 12.2. The molecule has 0 saturated heterocycles. The molecule has 3 rings (SSSR count). The van der Waals surface area contributed by atoms with Crippen LogP contribution in [0.2, 0.25) is 5.02 Å². The molecule has 128 valence electrons. The number of nitrogens with zero attached hydrogens (tertiary/aromatic N) is 2. The third-order valence-corrected chi connectivity index (χ3v) is 3.69. The van der Waals surface area contributed by atoms with E-state index in [2.05, 4.69) is 20.5 Å². The first kappa shape index (κ1) is 16.8. The Balaban J connectivity index is 1.79. The molecule has 0 aliphatic heterocycles. The molecular formula is C17H15ClN4O3. The first-order valence-electron chi connectivity index (χ1n) is 7.32. The van der Waals surface area contributed by atoms with Gasteiger partial charge in [-0.25, -0.2) is 0 Å². The molecule has 0 aliphatic carbocycles. The normalized spacial score (nSPS) is 10.4. The van der Waals surface area contributed by atoms with E-state index in [4.69, 9.17) is 21.1 Å². The van der Waals surface area contributed by atoms with Gasteiger partial charge in [0.1, 0.15) is 0 Å². The van der Waals surface area contributed by atoms with Gasteiger partial charge in [0.15, 0.2) is 17.3 Å². The number of aromatic nitrogens is 3. The fourth-order valence-corrected chi connectivity index (χ4v) is 2.42. The van der Waals surface area contributed by atoms with Gasteiger partial charge in [0.25, 0.3) is 5.91 Å². The van der Waals surface area contributed by atoms with Crippen LogP contribution in [0.4, 0.5) is 5.95 Å². The Morgan fingerprint density at radius 1 is 1.12 bits per heavy atom. The van der Waals surface area contributed by atoms with Crippen molar-refractivity contribution in [2.75, 3.05) is 19.5 Å². The summed E-state index contributed by atoms with van der Waals surface area (Å²) >= 11 is 5.89. The van der Waals surface area contributed by atoms with Crippen LogP contribution in [0.5, 0.6) is 11.5 Å². The molecule has 8 heteroatoms. The van der Waals surface area contributed by atoms with Crippen LogP contribution in [0, 0.1) is 0 Å². The zero-order valence-electron chi connectivity index (χ0n) is 13.5. The molecule has 0 spiro atoms. The number of rotatable bonds is 5. The summed E-state index contributed by atoms with van der Waals surface area (Å²) in [6.45, 7) is 0. The van der Waals surface area contributed by atoms with Crippen LogP contribution >= 0.6 is 11.6 Å². The number of ether oxygens (including phenoxy) is 2. The lowest BCUT2D eigenvalue weighted by Crippen LogP contribution is -2.12. The number of benzene rings is 2. The first-order valence-corrected chi connectivity index (χ1v) is 7.70. The molecule has 1 amide bonds. The number of H-pyrrole nitrogens is 1. The number of hydrogen-bond donors (Lipinski definition) is 2. The van der Waals surface area contributed by atoms with E-state index in [1.807, 2.05) is 6.07 Å². The summed E-state index contributed by atoms with van der Waals surface area (Å²) < 4.78 is 10.5. The van der Waals surface area contributed by atoms with Gasteiger partial charge in [-0.2, -0.15) is 4.98 Å². The number of anilines is 1. The summed E-state index contributed by atoms with van der Waals surface area (Å²) in [6, 6.07) is 12.0. The van der Waals surface area contributed by atoms with Crippen molar-refractivity contribution in [3.63, 3.8) is 0 Å². The second kappa shape index (κ2) is 7.23. The van der Waals surface area contributed by atoms with Crippen LogP contribution in [0.1, 0.15) is 10.4 Å². The minimum Gasteiger partial charge on any atom is -0.493 e. The van der Waals surface area contributed by atoms with Crippen molar-refractivity contribution >= 4 is 23.5 Å². The summed E-state index contributed by atoms with van der Waals surface area (Å²) in [6.07, 6.45) is 0. The highest BCUT2D eigenvalue weighted by atomic mass is 35.5. The summed E-state index contributed by atoms with van der Waals surface area (Å²) in [5, 5.41) is 9.89. The number of carbonyl (C=O) groups is 1. The van der Waals surface area contributed by atoms with Crippen LogP contribution in [-0.2, 0) is 0 Å². The number of nitrogens with one attached hydrogen (secondary N) is 2. The van der Waals surface area contributed by atoms with Gasteiger partial charge in [-0.3, -0.25) is 15.2 Å². The van der Waals surface area contributed by atoms with Crippen LogP contribution in [-0.4, -0.2) is 35.3 Å². The number of hydrogen-bond acceptors (Lipinski definition) is 5. The Morgan fingerprint density at radius 3 is 2.64 bits per heavy atom. The predicted octanol–water partition coefficient (Wildman–Crippen LogP) is 3.39. The molecule has 3 aromatic rings. The standard InChI is InChI=1S/C17H15ClN4O3/c1-24-13-7-6-10(9-14(13)25-2)15-19-17(22-21-15)20-16(23)11-4-3-5-12(18)8-11/h3-9H,1-2H3,(H2,19,20,21,22,23). The van der Waals surface area contributed by atoms with Crippen molar-refractivity contribution in [2.24, 2.45) is 0 Å². The van der Waals surface area contributed by atoms with Crippen LogP contribution in [0.15, 0.2) is 42.5 Å². The average Bonchev–Trinajstić information content (AvgIpc) is 3.09. The van der Waals surface area contributed by atoms with E-state index in [-0.39, 0.29) is 11.9 Å². The van der Waals surface area contributed by atoms with E-state index in [0.29, 0.717) is 27.9 Å². The number of aromatic amines is 1. The van der Waals surface area contributed by atoms with Gasteiger partial charge in [0, 0.05) is 16.1 Å². The van der Waals surface area contributed by atoms with Gasteiger partial charge < -0.3 is 9.47 Å². The molecular weight excluding hydrogens is 344 g/mol. The molecule has 2 N–H and O–H groups in total. The first-order chi connectivity index (χ1) is 12.1. The molecule has 0 fully saturated rings. The summed E-state index contributed by atoms with van der Waals surface area (Å²) in [7, 11) is 3.12. The molecule has 0 bridgehead atoms. The minimum absolute atomic E-state index is 0.162. The van der Waals surface area contributed by atoms with E-state index < -0.39 is 0 Å². The van der Waals surface area contributed by atoms with Crippen molar-refractivity contribution in [1.29, 1.82) is 0 Å². The van der Waals surface area contributed by atoms with Gasteiger partial charge in [-0.1, -0.05) is 17.7 Å². The van der Waals surface area contributed by atoms with Gasteiger partial charge >= 0.3 is 0 Å². The average molecular weight is 359 g/mol. The maximum Gasteiger partial charge on any atom is 0.258 e. The molecule has 0 aliphatic rings. The van der Waals surface area contributed by atoms with Gasteiger partial charge in [0.2, 0.25) is 5.95 Å². The third kappa shape index (κ3) is 3.72. The maximum absolute atomic E-state index is 12.2. The second-order valence-corrected chi connectivity index (χ2v) is 5.48. The Kier molecular flexibility index (Phi) is 4.85. The number of amides is 1. The number of halogens is 1. The number of carbonyl (C=O) groups excluding carboxylic acids is 1. The smallest absolute Gasteiger partial charge is 0.258 e. The van der Waals surface area contributed by atoms with E-state index >= 15 is 0 Å². The van der Waals surface area contributed by atoms with Crippen LogP contribution in [0.25, 0.3) is 11.4 Å². The molecule has 1 aromatic heterocycles. The topological polar surface area (TPSA) is 89.1 Å². The Bertz CT molecular complexity index is 910. The summed E-state index contributed by atoms with van der Waals surface area (Å²) in [5.41, 5.74) is 1.17. The fraction of sp³-hybridized carbons (Fsp3) is 0.118. The lowest BCUT2D eigenvalue weighted by Gasteiger charge is -2.07. The quantitative estimate of drug-likeness (QED) is 0.729. The SMILES string of the molecule is COc1ccc(-c2nc(NC(=O)c3cccc(Cl)c3)n[nH]2)cc1OC. The van der Waals surface area contributed by atoms with E-state index in [9.17, 15) is 4.79 Å². The molecule has 0 unspecified atom stereocenters. The molecule has 0 saturated carbocycles. The molecule has 1 heterocycles. The lowest BCUT2D eigenvalue weighted by atomic mass is 10.2. The molecule has 0 radical (unpaired) electrons. The monoisotopic (exact) mass is 358 g/mol. The van der Waals surface area contributed by atoms with Gasteiger partial charge in [-0.05, 0) is 36.4 Å². The van der Waals surface area contributed by atoms with Gasteiger partial charge in [0.05, 0.1) is 14.2 Å². The highest BCUT2D eigenvalue weighted by molar-refractivity contribution is 6.31. The van der Waals surface area contributed by atoms with Crippen molar-refractivity contribution in [3.8, 4) is 22.9 Å². The van der Waals surface area contributed by atoms with Crippen LogP contribution in [0.3, 0.4) is 0 Å². The zero-order valence-corrected chi connectivity index (χ0v) is 14.3. The molecule has 25 heavy (non-hydrogen) atoms. The molecule has 7 nitrogen and oxygen atoms in total. The lowest BCUT2D eigenvalue weighted by molar-refractivity contribution is 0.102. The van der Waals surface area contributed by atoms with E-state index in [1.165, 1.54) is 0 Å². The van der Waals surface area contributed by atoms with E-state index in [1.54, 1.807) is 50.6 Å². The number of methoxy groups -OCH3 is 2. The van der Waals surface area contributed by atoms with Crippen molar-refractivity contribution in [3.05, 3.63) is 53.1 Å². The highest BCUT2D eigenvalue weighted by Gasteiger charge is 2.13. The zero-order chi connectivity index (χ0) is 17.8. The molecule has 2 aromatic carbocycles. The second-order valence-electron chi connectivity index (χ2n) is 5.04.